The van der Waals surface area contributed by atoms with Crippen LogP contribution in [0.1, 0.15) is 31.8 Å². The second-order valence-corrected chi connectivity index (χ2v) is 5.08. The molecule has 0 saturated carbocycles. The molecule has 0 amide bonds. The van der Waals surface area contributed by atoms with Crippen molar-refractivity contribution in [3.8, 4) is 11.1 Å². The molecule has 2 heterocycles. The smallest absolute Gasteiger partial charge is 0.373 e. The molecule has 2 aliphatic rings. The molecule has 5 heteroatoms. The number of benzene rings is 2. The maximum Gasteiger partial charge on any atom is 0.373 e. The summed E-state index contributed by atoms with van der Waals surface area (Å²) in [5, 5.41) is 0. The van der Waals surface area contributed by atoms with E-state index in [1.807, 2.05) is 24.3 Å². The number of fused-ring (bicyclic) bond motifs is 2. The Morgan fingerprint density at radius 2 is 1.59 bits per heavy atom. The standard InChI is InChI=1S/C17H10O5/c1-9-13-4-2-11(7-15(13)16(18)21-9)10-3-5-14-12(6-10)8-20-22-17(14)19/h2-7H,1,8H2. The molecule has 0 fully saturated rings. The van der Waals surface area contributed by atoms with E-state index in [-0.39, 0.29) is 6.61 Å². The summed E-state index contributed by atoms with van der Waals surface area (Å²) < 4.78 is 5.01. The van der Waals surface area contributed by atoms with Crippen molar-refractivity contribution in [2.24, 2.45) is 0 Å². The van der Waals surface area contributed by atoms with Gasteiger partial charge in [0.2, 0.25) is 0 Å². The number of carbonyl (C=O) groups excluding carboxylic acids is 2. The van der Waals surface area contributed by atoms with Gasteiger partial charge in [0.15, 0.2) is 0 Å². The fraction of sp³-hybridized carbons (Fsp3) is 0.0588. The van der Waals surface area contributed by atoms with E-state index in [4.69, 9.17) is 9.62 Å². The van der Waals surface area contributed by atoms with Crippen molar-refractivity contribution in [1.29, 1.82) is 0 Å². The fourth-order valence-corrected chi connectivity index (χ4v) is 2.64. The van der Waals surface area contributed by atoms with Crippen LogP contribution in [0.5, 0.6) is 0 Å². The van der Waals surface area contributed by atoms with Crippen molar-refractivity contribution in [3.63, 3.8) is 0 Å². The van der Waals surface area contributed by atoms with Crippen LogP contribution >= 0.6 is 0 Å². The number of carbonyl (C=O) groups is 2. The zero-order valence-electron chi connectivity index (χ0n) is 11.4. The Hall–Kier alpha value is -2.92. The lowest BCUT2D eigenvalue weighted by Crippen LogP contribution is -2.15. The summed E-state index contributed by atoms with van der Waals surface area (Å²) in [6.45, 7) is 3.91. The first-order chi connectivity index (χ1) is 10.6. The van der Waals surface area contributed by atoms with E-state index in [0.29, 0.717) is 22.4 Å². The molecule has 0 saturated heterocycles. The van der Waals surface area contributed by atoms with Gasteiger partial charge in [-0.2, -0.15) is 4.89 Å². The molecular formula is C17H10O5. The molecule has 22 heavy (non-hydrogen) atoms. The topological polar surface area (TPSA) is 61.8 Å². The monoisotopic (exact) mass is 294 g/mol. The predicted molar refractivity (Wildman–Crippen MR) is 76.5 cm³/mol. The van der Waals surface area contributed by atoms with Crippen molar-refractivity contribution in [1.82, 2.24) is 0 Å². The van der Waals surface area contributed by atoms with E-state index in [9.17, 15) is 9.59 Å². The second-order valence-electron chi connectivity index (χ2n) is 5.08. The number of hydrogen-bond acceptors (Lipinski definition) is 5. The van der Waals surface area contributed by atoms with Crippen LogP contribution in [0.2, 0.25) is 0 Å². The minimum absolute atomic E-state index is 0.207. The van der Waals surface area contributed by atoms with Crippen LogP contribution in [-0.4, -0.2) is 11.9 Å². The van der Waals surface area contributed by atoms with E-state index in [0.717, 1.165) is 16.7 Å². The Bertz CT molecular complexity index is 850. The van der Waals surface area contributed by atoms with E-state index in [2.05, 4.69) is 11.5 Å². The Morgan fingerprint density at radius 1 is 0.864 bits per heavy atom. The fourth-order valence-electron chi connectivity index (χ4n) is 2.64. The minimum Gasteiger partial charge on any atom is -0.423 e. The van der Waals surface area contributed by atoms with Gasteiger partial charge in [-0.3, -0.25) is 4.89 Å². The first kappa shape index (κ1) is 12.8. The molecule has 5 nitrogen and oxygen atoms in total. The third kappa shape index (κ3) is 1.83. The normalized spacial score (nSPS) is 15.9. The Kier molecular flexibility index (Phi) is 2.64. The molecular weight excluding hydrogens is 284 g/mol. The van der Waals surface area contributed by atoms with Crippen molar-refractivity contribution in [2.75, 3.05) is 0 Å². The van der Waals surface area contributed by atoms with E-state index >= 15 is 0 Å². The summed E-state index contributed by atoms with van der Waals surface area (Å²) in [5.74, 6) is -0.526. The molecule has 0 unspecified atom stereocenters. The van der Waals surface area contributed by atoms with Gasteiger partial charge in [-0.25, -0.2) is 9.59 Å². The highest BCUT2D eigenvalue weighted by Gasteiger charge is 2.26. The molecule has 0 radical (unpaired) electrons. The van der Waals surface area contributed by atoms with Crippen LogP contribution in [0.3, 0.4) is 0 Å². The first-order valence-corrected chi connectivity index (χ1v) is 6.66. The number of cyclic esters (lactones) is 1. The quantitative estimate of drug-likeness (QED) is 0.597. The first-order valence-electron chi connectivity index (χ1n) is 6.66. The molecule has 2 aromatic carbocycles. The van der Waals surface area contributed by atoms with Gasteiger partial charge < -0.3 is 4.74 Å². The summed E-state index contributed by atoms with van der Waals surface area (Å²) in [6, 6.07) is 10.8. The van der Waals surface area contributed by atoms with Crippen LogP contribution in [0.25, 0.3) is 16.9 Å². The van der Waals surface area contributed by atoms with Gasteiger partial charge >= 0.3 is 11.9 Å². The average molecular weight is 294 g/mol. The number of rotatable bonds is 1. The molecule has 0 atom stereocenters. The molecule has 0 aliphatic carbocycles. The van der Waals surface area contributed by atoms with Crippen molar-refractivity contribution in [3.05, 3.63) is 65.2 Å². The van der Waals surface area contributed by atoms with Gasteiger partial charge in [-0.1, -0.05) is 18.7 Å². The van der Waals surface area contributed by atoms with Gasteiger partial charge in [0.25, 0.3) is 0 Å². The number of hydrogen-bond donors (Lipinski definition) is 0. The van der Waals surface area contributed by atoms with E-state index < -0.39 is 11.9 Å². The average Bonchev–Trinajstić information content (AvgIpc) is 2.81. The molecule has 0 N–H and O–H groups in total. The van der Waals surface area contributed by atoms with Crippen molar-refractivity contribution < 1.29 is 24.1 Å². The highest BCUT2D eigenvalue weighted by Crippen LogP contribution is 2.33. The van der Waals surface area contributed by atoms with Gasteiger partial charge in [-0.15, -0.1) is 0 Å². The summed E-state index contributed by atoms with van der Waals surface area (Å²) in [4.78, 5) is 32.6. The SMILES string of the molecule is C=C1OC(=O)c2cc(-c3ccc4c(c3)COOC4=O)ccc21. The summed E-state index contributed by atoms with van der Waals surface area (Å²) in [7, 11) is 0. The highest BCUT2D eigenvalue weighted by molar-refractivity contribution is 6.03. The maximum absolute atomic E-state index is 11.8. The molecule has 0 aromatic heterocycles. The minimum atomic E-state index is -0.498. The lowest BCUT2D eigenvalue weighted by atomic mass is 9.96. The zero-order chi connectivity index (χ0) is 15.3. The molecule has 4 rings (SSSR count). The third-order valence-electron chi connectivity index (χ3n) is 3.76. The molecule has 108 valence electrons. The van der Waals surface area contributed by atoms with Crippen molar-refractivity contribution >= 4 is 17.7 Å². The van der Waals surface area contributed by atoms with Crippen LogP contribution in [0, 0.1) is 0 Å². The Morgan fingerprint density at radius 3 is 2.41 bits per heavy atom. The largest absolute Gasteiger partial charge is 0.423 e. The van der Waals surface area contributed by atoms with Crippen LogP contribution in [-0.2, 0) is 21.1 Å². The summed E-state index contributed by atoms with van der Waals surface area (Å²) >= 11 is 0. The molecule has 2 aromatic rings. The number of ether oxygens (including phenoxy) is 1. The van der Waals surface area contributed by atoms with Crippen molar-refractivity contribution in [2.45, 2.75) is 6.61 Å². The second kappa shape index (κ2) is 4.54. The lowest BCUT2D eigenvalue weighted by molar-refractivity contribution is -0.256. The Labute approximate surface area is 125 Å². The number of esters is 1. The van der Waals surface area contributed by atoms with Crippen LogP contribution in [0.15, 0.2) is 43.0 Å². The van der Waals surface area contributed by atoms with Crippen LogP contribution < -0.4 is 0 Å². The van der Waals surface area contributed by atoms with Gasteiger partial charge in [0, 0.05) is 5.56 Å². The van der Waals surface area contributed by atoms with Crippen LogP contribution in [0.4, 0.5) is 0 Å². The lowest BCUT2D eigenvalue weighted by Gasteiger charge is -2.15. The highest BCUT2D eigenvalue weighted by atomic mass is 17.2. The van der Waals surface area contributed by atoms with Gasteiger partial charge in [0.05, 0.1) is 11.1 Å². The maximum atomic E-state index is 11.8. The summed E-state index contributed by atoms with van der Waals surface area (Å²) in [5.41, 5.74) is 4.18. The van der Waals surface area contributed by atoms with Gasteiger partial charge in [-0.05, 0) is 41.0 Å². The summed E-state index contributed by atoms with van der Waals surface area (Å²) in [6.07, 6.45) is 0. The molecule has 0 spiro atoms. The van der Waals surface area contributed by atoms with E-state index in [1.54, 1.807) is 12.1 Å². The van der Waals surface area contributed by atoms with Gasteiger partial charge in [0.1, 0.15) is 12.4 Å². The molecule has 0 bridgehead atoms. The van der Waals surface area contributed by atoms with E-state index in [1.165, 1.54) is 0 Å². The third-order valence-corrected chi connectivity index (χ3v) is 3.76. The zero-order valence-corrected chi connectivity index (χ0v) is 11.4. The Balaban J connectivity index is 1.80. The predicted octanol–water partition coefficient (Wildman–Crippen LogP) is 3.10. The molecule has 2 aliphatic heterocycles.